The van der Waals surface area contributed by atoms with Gasteiger partial charge in [0.1, 0.15) is 0 Å². The number of rotatable bonds is 5. The van der Waals surface area contributed by atoms with Crippen LogP contribution in [0.1, 0.15) is 5.56 Å². The van der Waals surface area contributed by atoms with Gasteiger partial charge in [-0.05, 0) is 16.7 Å². The maximum Gasteiger partial charge on any atom is 0.0546 e. The van der Waals surface area contributed by atoms with Crippen LogP contribution in [0.15, 0.2) is 54.6 Å². The van der Waals surface area contributed by atoms with Crippen molar-refractivity contribution in [2.24, 2.45) is 0 Å². The molecule has 0 saturated heterocycles. The van der Waals surface area contributed by atoms with Crippen LogP contribution < -0.4 is 0 Å². The SMILES string of the molecule is O=S(CCO)Cc1ccc(-c2ccccc2)cc1. The zero-order valence-corrected chi connectivity index (χ0v) is 10.9. The molecule has 0 heterocycles. The zero-order chi connectivity index (χ0) is 12.8. The Bertz CT molecular complexity index is 506. The minimum absolute atomic E-state index is 0.0191. The maximum atomic E-state index is 11.5. The molecule has 3 heteroatoms. The molecule has 0 radical (unpaired) electrons. The van der Waals surface area contributed by atoms with Crippen LogP contribution in [0.3, 0.4) is 0 Å². The molecule has 94 valence electrons. The molecule has 0 spiro atoms. The Morgan fingerprint density at radius 3 is 2.11 bits per heavy atom. The van der Waals surface area contributed by atoms with Gasteiger partial charge in [0.25, 0.3) is 0 Å². The highest BCUT2D eigenvalue weighted by Crippen LogP contribution is 2.19. The fourth-order valence-corrected chi connectivity index (χ4v) is 2.70. The molecule has 0 fully saturated rings. The second-order valence-corrected chi connectivity index (χ2v) is 5.65. The second-order valence-electron chi connectivity index (χ2n) is 4.07. The molecule has 1 N–H and O–H groups in total. The number of aliphatic hydroxyl groups is 1. The van der Waals surface area contributed by atoms with E-state index in [9.17, 15) is 4.21 Å². The standard InChI is InChI=1S/C15H16O2S/c16-10-11-18(17)12-13-6-8-15(9-7-13)14-4-2-1-3-5-14/h1-9,16H,10-12H2. The molecule has 0 amide bonds. The molecule has 0 aliphatic rings. The highest BCUT2D eigenvalue weighted by molar-refractivity contribution is 7.84. The third-order valence-corrected chi connectivity index (χ3v) is 4.00. The lowest BCUT2D eigenvalue weighted by molar-refractivity contribution is 0.321. The smallest absolute Gasteiger partial charge is 0.0546 e. The molecular weight excluding hydrogens is 244 g/mol. The molecule has 1 unspecified atom stereocenters. The van der Waals surface area contributed by atoms with E-state index in [1.165, 1.54) is 5.56 Å². The van der Waals surface area contributed by atoms with E-state index in [-0.39, 0.29) is 6.61 Å². The average Bonchev–Trinajstić information content (AvgIpc) is 2.41. The highest BCUT2D eigenvalue weighted by Gasteiger charge is 2.02. The Morgan fingerprint density at radius 1 is 0.889 bits per heavy atom. The topological polar surface area (TPSA) is 37.3 Å². The van der Waals surface area contributed by atoms with Gasteiger partial charge in [-0.15, -0.1) is 0 Å². The number of hydrogen-bond donors (Lipinski definition) is 1. The third-order valence-electron chi connectivity index (χ3n) is 2.71. The quantitative estimate of drug-likeness (QED) is 0.897. The molecule has 0 saturated carbocycles. The molecule has 2 nitrogen and oxygen atoms in total. The normalized spacial score (nSPS) is 12.3. The zero-order valence-electron chi connectivity index (χ0n) is 10.1. The lowest BCUT2D eigenvalue weighted by atomic mass is 10.0. The minimum Gasteiger partial charge on any atom is -0.395 e. The predicted octanol–water partition coefficient (Wildman–Crippen LogP) is 2.59. The summed E-state index contributed by atoms with van der Waals surface area (Å²) in [6.45, 7) is -0.0191. The first-order chi connectivity index (χ1) is 8.79. The summed E-state index contributed by atoms with van der Waals surface area (Å²) in [5.74, 6) is 0.857. The van der Waals surface area contributed by atoms with Crippen molar-refractivity contribution in [2.45, 2.75) is 5.75 Å². The molecule has 1 atom stereocenters. The first kappa shape index (κ1) is 13.0. The van der Waals surface area contributed by atoms with E-state index in [1.807, 2.05) is 42.5 Å². The van der Waals surface area contributed by atoms with Gasteiger partial charge < -0.3 is 5.11 Å². The fourth-order valence-electron chi connectivity index (χ4n) is 1.78. The van der Waals surface area contributed by atoms with Gasteiger partial charge in [0, 0.05) is 22.3 Å². The highest BCUT2D eigenvalue weighted by atomic mass is 32.2. The van der Waals surface area contributed by atoms with Gasteiger partial charge in [-0.3, -0.25) is 4.21 Å². The van der Waals surface area contributed by atoms with E-state index in [0.717, 1.165) is 11.1 Å². The molecule has 2 aromatic carbocycles. The van der Waals surface area contributed by atoms with Crippen LogP contribution in [0.2, 0.25) is 0 Å². The average molecular weight is 260 g/mol. The Morgan fingerprint density at radius 2 is 1.50 bits per heavy atom. The van der Waals surface area contributed by atoms with Gasteiger partial charge in [-0.1, -0.05) is 54.6 Å². The van der Waals surface area contributed by atoms with Gasteiger partial charge in [0.05, 0.1) is 6.61 Å². The molecule has 0 bridgehead atoms. The molecule has 2 aromatic rings. The fraction of sp³-hybridized carbons (Fsp3) is 0.200. The van der Waals surface area contributed by atoms with Gasteiger partial charge in [0.2, 0.25) is 0 Å². The molecule has 18 heavy (non-hydrogen) atoms. The van der Waals surface area contributed by atoms with Crippen LogP contribution in [0.25, 0.3) is 11.1 Å². The number of hydrogen-bond acceptors (Lipinski definition) is 2. The lowest BCUT2D eigenvalue weighted by Gasteiger charge is -2.04. The van der Waals surface area contributed by atoms with Crippen molar-refractivity contribution >= 4 is 10.8 Å². The van der Waals surface area contributed by atoms with Gasteiger partial charge >= 0.3 is 0 Å². The number of aliphatic hydroxyl groups excluding tert-OH is 1. The van der Waals surface area contributed by atoms with Gasteiger partial charge in [-0.2, -0.15) is 0 Å². The third kappa shape index (κ3) is 3.52. The van der Waals surface area contributed by atoms with E-state index in [0.29, 0.717) is 11.5 Å². The number of benzene rings is 2. The van der Waals surface area contributed by atoms with E-state index in [1.54, 1.807) is 0 Å². The minimum atomic E-state index is -0.972. The van der Waals surface area contributed by atoms with E-state index >= 15 is 0 Å². The summed E-state index contributed by atoms with van der Waals surface area (Å²) in [6.07, 6.45) is 0. The molecule has 0 aliphatic heterocycles. The monoisotopic (exact) mass is 260 g/mol. The molecule has 0 aliphatic carbocycles. The van der Waals surface area contributed by atoms with Crippen molar-refractivity contribution < 1.29 is 9.32 Å². The molecule has 2 rings (SSSR count). The van der Waals surface area contributed by atoms with Crippen LogP contribution >= 0.6 is 0 Å². The largest absolute Gasteiger partial charge is 0.395 e. The first-order valence-corrected chi connectivity index (χ1v) is 7.38. The Kier molecular flexibility index (Phi) is 4.67. The van der Waals surface area contributed by atoms with Gasteiger partial charge in [0.15, 0.2) is 0 Å². The van der Waals surface area contributed by atoms with Crippen molar-refractivity contribution in [3.05, 3.63) is 60.2 Å². The summed E-state index contributed by atoms with van der Waals surface area (Å²) < 4.78 is 11.5. The van der Waals surface area contributed by atoms with Crippen molar-refractivity contribution in [2.75, 3.05) is 12.4 Å². The summed E-state index contributed by atoms with van der Waals surface area (Å²) in [5, 5.41) is 8.71. The summed E-state index contributed by atoms with van der Waals surface area (Å²) >= 11 is 0. The summed E-state index contributed by atoms with van der Waals surface area (Å²) in [6, 6.07) is 18.2. The lowest BCUT2D eigenvalue weighted by Crippen LogP contribution is -2.04. The van der Waals surface area contributed by atoms with Crippen LogP contribution in [-0.2, 0) is 16.6 Å². The van der Waals surface area contributed by atoms with Crippen LogP contribution in [0.5, 0.6) is 0 Å². The first-order valence-electron chi connectivity index (χ1n) is 5.90. The Balaban J connectivity index is 2.09. The van der Waals surface area contributed by atoms with Crippen molar-refractivity contribution in [1.29, 1.82) is 0 Å². The second kappa shape index (κ2) is 6.47. The summed E-state index contributed by atoms with van der Waals surface area (Å²) in [7, 11) is -0.972. The predicted molar refractivity (Wildman–Crippen MR) is 75.7 cm³/mol. The van der Waals surface area contributed by atoms with Crippen LogP contribution in [0.4, 0.5) is 0 Å². The van der Waals surface area contributed by atoms with Crippen LogP contribution in [0, 0.1) is 0 Å². The van der Waals surface area contributed by atoms with E-state index < -0.39 is 10.8 Å². The van der Waals surface area contributed by atoms with E-state index in [2.05, 4.69) is 12.1 Å². The van der Waals surface area contributed by atoms with E-state index in [4.69, 9.17) is 5.11 Å². The summed E-state index contributed by atoms with van der Waals surface area (Å²) in [5.41, 5.74) is 3.38. The Labute approximate surface area is 110 Å². The van der Waals surface area contributed by atoms with Gasteiger partial charge in [-0.25, -0.2) is 0 Å². The van der Waals surface area contributed by atoms with Crippen molar-refractivity contribution in [1.82, 2.24) is 0 Å². The van der Waals surface area contributed by atoms with Crippen molar-refractivity contribution in [3.8, 4) is 11.1 Å². The Hall–Kier alpha value is -1.45. The maximum absolute atomic E-state index is 11.5. The van der Waals surface area contributed by atoms with Crippen LogP contribution in [-0.4, -0.2) is 21.7 Å². The summed E-state index contributed by atoms with van der Waals surface area (Å²) in [4.78, 5) is 0. The molecular formula is C15H16O2S. The van der Waals surface area contributed by atoms with Crippen molar-refractivity contribution in [3.63, 3.8) is 0 Å². The molecule has 0 aromatic heterocycles.